The van der Waals surface area contributed by atoms with E-state index in [1.807, 2.05) is 0 Å². The van der Waals surface area contributed by atoms with Crippen molar-refractivity contribution in [3.05, 3.63) is 53.3 Å². The van der Waals surface area contributed by atoms with Crippen molar-refractivity contribution in [1.82, 2.24) is 0 Å². The van der Waals surface area contributed by atoms with Crippen LogP contribution in [0.3, 0.4) is 0 Å². The van der Waals surface area contributed by atoms with Gasteiger partial charge in [-0.3, -0.25) is 0 Å². The molecule has 2 rings (SSSR count). The van der Waals surface area contributed by atoms with E-state index in [-0.39, 0.29) is 15.6 Å². The number of anilines is 2. The highest BCUT2D eigenvalue weighted by Crippen LogP contribution is 2.24. The number of halogens is 2. The van der Waals surface area contributed by atoms with Crippen molar-refractivity contribution in [2.45, 2.75) is 4.90 Å². The molecule has 0 unspecified atom stereocenters. The molecule has 4 N–H and O–H groups in total. The van der Waals surface area contributed by atoms with E-state index in [9.17, 15) is 17.6 Å². The number of benzene rings is 2. The van der Waals surface area contributed by atoms with Gasteiger partial charge in [-0.1, -0.05) is 17.7 Å². The topological polar surface area (TPSA) is 101 Å². The van der Waals surface area contributed by atoms with Crippen LogP contribution in [-0.4, -0.2) is 14.4 Å². The van der Waals surface area contributed by atoms with Crippen LogP contribution in [0.5, 0.6) is 0 Å². The number of primary sulfonamides is 1. The molecular formula is C13H11ClFN3O3S. The summed E-state index contributed by atoms with van der Waals surface area (Å²) >= 11 is 5.78. The van der Waals surface area contributed by atoms with Crippen LogP contribution < -0.4 is 15.8 Å². The molecule has 9 heteroatoms. The van der Waals surface area contributed by atoms with Crippen LogP contribution in [0.2, 0.25) is 5.02 Å². The van der Waals surface area contributed by atoms with E-state index in [2.05, 4.69) is 10.6 Å². The molecule has 2 aromatic rings. The van der Waals surface area contributed by atoms with Crippen molar-refractivity contribution >= 4 is 39.0 Å². The minimum atomic E-state index is -3.80. The number of nitrogens with two attached hydrogens (primary N) is 1. The number of hydrogen-bond donors (Lipinski definition) is 3. The first kappa shape index (κ1) is 16.2. The summed E-state index contributed by atoms with van der Waals surface area (Å²) in [4.78, 5) is 11.7. The molecule has 0 bridgehead atoms. The smallest absolute Gasteiger partial charge is 0.308 e. The fourth-order valence-corrected chi connectivity index (χ4v) is 2.35. The molecule has 0 saturated heterocycles. The Kier molecular flexibility index (Phi) is 4.65. The van der Waals surface area contributed by atoms with Crippen LogP contribution in [0.1, 0.15) is 0 Å². The molecule has 0 radical (unpaired) electrons. The maximum atomic E-state index is 13.5. The van der Waals surface area contributed by atoms with Crippen molar-refractivity contribution < 1.29 is 17.6 Å². The van der Waals surface area contributed by atoms with E-state index >= 15 is 0 Å². The molecular weight excluding hydrogens is 333 g/mol. The quantitative estimate of drug-likeness (QED) is 0.798. The molecule has 116 valence electrons. The molecule has 0 fully saturated rings. The van der Waals surface area contributed by atoms with Gasteiger partial charge < -0.3 is 10.6 Å². The third kappa shape index (κ3) is 3.94. The number of amides is 2. The molecule has 2 amide bonds. The van der Waals surface area contributed by atoms with Gasteiger partial charge >= 0.3 is 6.03 Å². The average Bonchev–Trinajstić information content (AvgIpc) is 2.43. The first-order valence-electron chi connectivity index (χ1n) is 5.92. The Labute approximate surface area is 131 Å². The van der Waals surface area contributed by atoms with Gasteiger partial charge in [0.2, 0.25) is 10.0 Å². The molecule has 0 saturated carbocycles. The molecule has 2 aromatic carbocycles. The molecule has 0 aliphatic rings. The minimum Gasteiger partial charge on any atom is -0.308 e. The van der Waals surface area contributed by atoms with Crippen LogP contribution in [0.4, 0.5) is 20.6 Å². The van der Waals surface area contributed by atoms with E-state index in [1.165, 1.54) is 36.4 Å². The van der Waals surface area contributed by atoms with Crippen LogP contribution >= 0.6 is 11.6 Å². The van der Waals surface area contributed by atoms with Crippen molar-refractivity contribution in [3.8, 4) is 0 Å². The molecule has 0 atom stereocenters. The molecule has 0 aromatic heterocycles. The van der Waals surface area contributed by atoms with Gasteiger partial charge in [0.05, 0.1) is 15.6 Å². The summed E-state index contributed by atoms with van der Waals surface area (Å²) in [5.41, 5.74) is 0.153. The highest BCUT2D eigenvalue weighted by atomic mass is 35.5. The summed E-state index contributed by atoms with van der Waals surface area (Å²) in [6.45, 7) is 0. The van der Waals surface area contributed by atoms with E-state index in [0.717, 1.165) is 6.07 Å². The van der Waals surface area contributed by atoms with Gasteiger partial charge in [0.25, 0.3) is 0 Å². The molecule has 0 aliphatic carbocycles. The molecule has 0 aliphatic heterocycles. The van der Waals surface area contributed by atoms with E-state index in [0.29, 0.717) is 5.69 Å². The standard InChI is InChI=1S/C13H11ClFN3O3S/c14-10-2-1-3-11(15)12(10)18-13(19)17-8-4-6-9(7-5-8)22(16,20)21/h1-7H,(H2,16,20,21)(H2,17,18,19). The normalized spacial score (nSPS) is 11.0. The van der Waals surface area contributed by atoms with Crippen molar-refractivity contribution in [1.29, 1.82) is 0 Å². The number of rotatable bonds is 3. The highest BCUT2D eigenvalue weighted by Gasteiger charge is 2.11. The minimum absolute atomic E-state index is 0.0553. The van der Waals surface area contributed by atoms with Gasteiger partial charge in [-0.05, 0) is 36.4 Å². The van der Waals surface area contributed by atoms with Gasteiger partial charge in [-0.25, -0.2) is 22.7 Å². The zero-order valence-corrected chi connectivity index (χ0v) is 12.6. The lowest BCUT2D eigenvalue weighted by atomic mass is 10.3. The Balaban J connectivity index is 2.10. The number of nitrogens with one attached hydrogen (secondary N) is 2. The highest BCUT2D eigenvalue weighted by molar-refractivity contribution is 7.89. The zero-order chi connectivity index (χ0) is 16.3. The Morgan fingerprint density at radius 1 is 1.09 bits per heavy atom. The number of hydrogen-bond acceptors (Lipinski definition) is 3. The predicted octanol–water partition coefficient (Wildman–Crippen LogP) is 2.77. The fourth-order valence-electron chi connectivity index (χ4n) is 1.62. The molecule has 0 heterocycles. The van der Waals surface area contributed by atoms with Gasteiger partial charge in [0.1, 0.15) is 5.82 Å². The van der Waals surface area contributed by atoms with Crippen LogP contribution in [0.25, 0.3) is 0 Å². The van der Waals surface area contributed by atoms with Crippen LogP contribution in [-0.2, 0) is 10.0 Å². The SMILES string of the molecule is NS(=O)(=O)c1ccc(NC(=O)Nc2c(F)cccc2Cl)cc1. The maximum Gasteiger partial charge on any atom is 0.323 e. The predicted molar refractivity (Wildman–Crippen MR) is 81.9 cm³/mol. The van der Waals surface area contributed by atoms with Crippen LogP contribution in [0, 0.1) is 5.82 Å². The van der Waals surface area contributed by atoms with Gasteiger partial charge in [-0.2, -0.15) is 0 Å². The van der Waals surface area contributed by atoms with Crippen molar-refractivity contribution in [2.75, 3.05) is 10.6 Å². The Bertz CT molecular complexity index is 790. The van der Waals surface area contributed by atoms with E-state index in [4.69, 9.17) is 16.7 Å². The number of carbonyl (C=O) groups excluding carboxylic acids is 1. The summed E-state index contributed by atoms with van der Waals surface area (Å²) < 4.78 is 35.7. The van der Waals surface area contributed by atoms with Gasteiger partial charge in [0, 0.05) is 5.69 Å². The molecule has 0 spiro atoms. The number of carbonyl (C=O) groups is 1. The monoisotopic (exact) mass is 343 g/mol. The van der Waals surface area contributed by atoms with Gasteiger partial charge in [-0.15, -0.1) is 0 Å². The average molecular weight is 344 g/mol. The third-order valence-corrected chi connectivity index (χ3v) is 3.89. The fraction of sp³-hybridized carbons (Fsp3) is 0. The Morgan fingerprint density at radius 3 is 2.27 bits per heavy atom. The summed E-state index contributed by atoms with van der Waals surface area (Å²) in [7, 11) is -3.80. The number of urea groups is 1. The summed E-state index contributed by atoms with van der Waals surface area (Å²) in [5.74, 6) is -0.674. The Hall–Kier alpha value is -2.16. The van der Waals surface area contributed by atoms with E-state index < -0.39 is 21.9 Å². The third-order valence-electron chi connectivity index (χ3n) is 2.64. The second-order valence-electron chi connectivity index (χ2n) is 4.25. The second kappa shape index (κ2) is 6.30. The van der Waals surface area contributed by atoms with Crippen molar-refractivity contribution in [2.24, 2.45) is 5.14 Å². The first-order valence-corrected chi connectivity index (χ1v) is 7.84. The lowest BCUT2D eigenvalue weighted by Crippen LogP contribution is -2.20. The summed E-state index contributed by atoms with van der Waals surface area (Å²) in [6.07, 6.45) is 0. The van der Waals surface area contributed by atoms with E-state index in [1.54, 1.807) is 0 Å². The lowest BCUT2D eigenvalue weighted by Gasteiger charge is -2.10. The molecule has 22 heavy (non-hydrogen) atoms. The zero-order valence-electron chi connectivity index (χ0n) is 11.0. The lowest BCUT2D eigenvalue weighted by molar-refractivity contribution is 0.262. The largest absolute Gasteiger partial charge is 0.323 e. The maximum absolute atomic E-state index is 13.5. The first-order chi connectivity index (χ1) is 10.3. The second-order valence-corrected chi connectivity index (χ2v) is 6.21. The number of para-hydroxylation sites is 1. The van der Waals surface area contributed by atoms with Crippen LogP contribution in [0.15, 0.2) is 47.4 Å². The number of sulfonamides is 1. The van der Waals surface area contributed by atoms with Crippen molar-refractivity contribution in [3.63, 3.8) is 0 Å². The van der Waals surface area contributed by atoms with Gasteiger partial charge in [0.15, 0.2) is 0 Å². The summed E-state index contributed by atoms with van der Waals surface area (Å²) in [5, 5.41) is 9.70. The summed E-state index contributed by atoms with van der Waals surface area (Å²) in [6, 6.07) is 8.44. The Morgan fingerprint density at radius 2 is 1.73 bits per heavy atom. The molecule has 6 nitrogen and oxygen atoms in total.